The van der Waals surface area contributed by atoms with Crippen molar-refractivity contribution in [3.05, 3.63) is 29.6 Å². The van der Waals surface area contributed by atoms with Crippen molar-refractivity contribution in [3.8, 4) is 0 Å². The van der Waals surface area contributed by atoms with Gasteiger partial charge in [-0.1, -0.05) is 6.07 Å². The highest BCUT2D eigenvalue weighted by Crippen LogP contribution is 2.23. The van der Waals surface area contributed by atoms with Gasteiger partial charge in [0, 0.05) is 6.61 Å². The highest BCUT2D eigenvalue weighted by atomic mass is 32.2. The molecule has 2 heterocycles. The highest BCUT2D eigenvalue weighted by Gasteiger charge is 2.35. The molecule has 0 saturated carbocycles. The Morgan fingerprint density at radius 1 is 1.53 bits per heavy atom. The summed E-state index contributed by atoms with van der Waals surface area (Å²) < 4.78 is 29.7. The van der Waals surface area contributed by atoms with Crippen molar-refractivity contribution in [2.45, 2.75) is 30.5 Å². The number of pyridine rings is 1. The number of aromatic carboxylic acids is 1. The van der Waals surface area contributed by atoms with Gasteiger partial charge in [0.2, 0.25) is 0 Å². The SMILES string of the molecule is CC1OCCC1S(=O)(=O)Cc1cccc(C(=O)O)n1. The molecule has 0 aliphatic carbocycles. The van der Waals surface area contributed by atoms with Crippen LogP contribution in [0.1, 0.15) is 29.5 Å². The average Bonchev–Trinajstić information content (AvgIpc) is 2.76. The van der Waals surface area contributed by atoms with Crippen LogP contribution in [0.25, 0.3) is 0 Å². The topological polar surface area (TPSA) is 93.6 Å². The summed E-state index contributed by atoms with van der Waals surface area (Å²) in [5, 5.41) is 8.29. The fraction of sp³-hybridized carbons (Fsp3) is 0.500. The summed E-state index contributed by atoms with van der Waals surface area (Å²) in [6.07, 6.45) is 0.148. The zero-order valence-corrected chi connectivity index (χ0v) is 11.3. The Kier molecular flexibility index (Phi) is 3.86. The van der Waals surface area contributed by atoms with Crippen molar-refractivity contribution in [3.63, 3.8) is 0 Å². The van der Waals surface area contributed by atoms with Crippen LogP contribution >= 0.6 is 0 Å². The van der Waals surface area contributed by atoms with Gasteiger partial charge in [0.05, 0.1) is 22.8 Å². The number of rotatable bonds is 4. The second-order valence-electron chi connectivity index (χ2n) is 4.53. The van der Waals surface area contributed by atoms with Crippen LogP contribution in [0.15, 0.2) is 18.2 Å². The van der Waals surface area contributed by atoms with Gasteiger partial charge in [-0.15, -0.1) is 0 Å². The number of nitrogens with zero attached hydrogens (tertiary/aromatic N) is 1. The summed E-state index contributed by atoms with van der Waals surface area (Å²) in [4.78, 5) is 14.6. The molecule has 1 aromatic heterocycles. The Labute approximate surface area is 111 Å². The van der Waals surface area contributed by atoms with Gasteiger partial charge in [0.15, 0.2) is 9.84 Å². The third-order valence-corrected chi connectivity index (χ3v) is 5.38. The molecule has 2 unspecified atom stereocenters. The molecule has 6 nitrogen and oxygen atoms in total. The summed E-state index contributed by atoms with van der Waals surface area (Å²) in [6, 6.07) is 4.35. The quantitative estimate of drug-likeness (QED) is 0.882. The number of carboxylic acid groups (broad SMARTS) is 1. The second kappa shape index (κ2) is 5.26. The molecule has 1 saturated heterocycles. The van der Waals surface area contributed by atoms with Gasteiger partial charge in [-0.05, 0) is 25.5 Å². The Morgan fingerprint density at radius 2 is 2.26 bits per heavy atom. The predicted molar refractivity (Wildman–Crippen MR) is 67.6 cm³/mol. The van der Waals surface area contributed by atoms with E-state index in [0.29, 0.717) is 13.0 Å². The van der Waals surface area contributed by atoms with Crippen molar-refractivity contribution >= 4 is 15.8 Å². The van der Waals surface area contributed by atoms with Crippen molar-refractivity contribution in [2.24, 2.45) is 0 Å². The monoisotopic (exact) mass is 285 g/mol. The van der Waals surface area contributed by atoms with Gasteiger partial charge in [-0.25, -0.2) is 18.2 Å². The number of carbonyl (C=O) groups is 1. The third kappa shape index (κ3) is 3.10. The van der Waals surface area contributed by atoms with Crippen molar-refractivity contribution in [1.29, 1.82) is 0 Å². The molecule has 0 amide bonds. The molecule has 7 heteroatoms. The first-order valence-electron chi connectivity index (χ1n) is 5.92. The van der Waals surface area contributed by atoms with Crippen LogP contribution in [0.2, 0.25) is 0 Å². The lowest BCUT2D eigenvalue weighted by molar-refractivity contribution is 0.0690. The molecule has 1 fully saturated rings. The number of sulfone groups is 1. The summed E-state index contributed by atoms with van der Waals surface area (Å²) in [6.45, 7) is 2.17. The second-order valence-corrected chi connectivity index (χ2v) is 6.75. The molecule has 0 bridgehead atoms. The van der Waals surface area contributed by atoms with Crippen LogP contribution in [-0.2, 0) is 20.3 Å². The summed E-state index contributed by atoms with van der Waals surface area (Å²) in [5.74, 6) is -1.43. The van der Waals surface area contributed by atoms with Crippen LogP contribution < -0.4 is 0 Å². The number of hydrogen-bond acceptors (Lipinski definition) is 5. The van der Waals surface area contributed by atoms with Gasteiger partial charge in [0.25, 0.3) is 0 Å². The predicted octanol–water partition coefficient (Wildman–Crippen LogP) is 0.872. The number of aromatic nitrogens is 1. The molecule has 104 valence electrons. The van der Waals surface area contributed by atoms with E-state index in [-0.39, 0.29) is 23.2 Å². The van der Waals surface area contributed by atoms with Gasteiger partial charge < -0.3 is 9.84 Å². The first kappa shape index (κ1) is 14.0. The van der Waals surface area contributed by atoms with Crippen molar-refractivity contribution in [2.75, 3.05) is 6.61 Å². The summed E-state index contributed by atoms with van der Waals surface area (Å²) >= 11 is 0. The lowest BCUT2D eigenvalue weighted by atomic mass is 10.3. The van der Waals surface area contributed by atoms with Crippen LogP contribution in [0, 0.1) is 0 Å². The molecule has 1 aliphatic heterocycles. The number of ether oxygens (including phenoxy) is 1. The highest BCUT2D eigenvalue weighted by molar-refractivity contribution is 7.91. The molecule has 0 radical (unpaired) electrons. The smallest absolute Gasteiger partial charge is 0.354 e. The molecule has 0 spiro atoms. The molecule has 1 aromatic rings. The molecule has 2 rings (SSSR count). The Balaban J connectivity index is 2.20. The van der Waals surface area contributed by atoms with E-state index in [1.807, 2.05) is 0 Å². The Hall–Kier alpha value is -1.47. The third-order valence-electron chi connectivity index (χ3n) is 3.14. The number of carboxylic acids is 1. The number of hydrogen-bond donors (Lipinski definition) is 1. The fourth-order valence-electron chi connectivity index (χ4n) is 2.18. The van der Waals surface area contributed by atoms with E-state index in [2.05, 4.69) is 4.98 Å². The molecule has 1 aliphatic rings. The standard InChI is InChI=1S/C12H15NO5S/c1-8-11(5-6-18-8)19(16,17)7-9-3-2-4-10(13-9)12(14)15/h2-4,8,11H,5-7H2,1H3,(H,14,15). The summed E-state index contributed by atoms with van der Waals surface area (Å²) in [5.41, 5.74) is 0.0995. The fourth-order valence-corrected chi connectivity index (χ4v) is 4.08. The molecular formula is C12H15NO5S. The van der Waals surface area contributed by atoms with E-state index in [0.717, 1.165) is 0 Å². The lowest BCUT2D eigenvalue weighted by Gasteiger charge is -2.14. The van der Waals surface area contributed by atoms with Gasteiger partial charge in [0.1, 0.15) is 5.69 Å². The van der Waals surface area contributed by atoms with E-state index >= 15 is 0 Å². The zero-order valence-electron chi connectivity index (χ0n) is 10.4. The van der Waals surface area contributed by atoms with Crippen LogP contribution in [0.5, 0.6) is 0 Å². The van der Waals surface area contributed by atoms with Gasteiger partial charge in [-0.3, -0.25) is 0 Å². The van der Waals surface area contributed by atoms with E-state index in [1.54, 1.807) is 6.92 Å². The van der Waals surface area contributed by atoms with Crippen LogP contribution in [0.4, 0.5) is 0 Å². The molecule has 0 aromatic carbocycles. The normalized spacial score (nSPS) is 23.4. The minimum Gasteiger partial charge on any atom is -0.477 e. The van der Waals surface area contributed by atoms with Crippen LogP contribution in [0.3, 0.4) is 0 Å². The molecule has 1 N–H and O–H groups in total. The minimum atomic E-state index is -3.39. The van der Waals surface area contributed by atoms with Gasteiger partial charge >= 0.3 is 5.97 Å². The molecule has 2 atom stereocenters. The van der Waals surface area contributed by atoms with Crippen molar-refractivity contribution < 1.29 is 23.1 Å². The van der Waals surface area contributed by atoms with E-state index < -0.39 is 21.1 Å². The Bertz CT molecular complexity index is 584. The first-order chi connectivity index (χ1) is 8.90. The zero-order chi connectivity index (χ0) is 14.0. The maximum absolute atomic E-state index is 12.2. The minimum absolute atomic E-state index is 0.150. The van der Waals surface area contributed by atoms with E-state index in [9.17, 15) is 13.2 Å². The molecular weight excluding hydrogens is 270 g/mol. The molecule has 19 heavy (non-hydrogen) atoms. The lowest BCUT2D eigenvalue weighted by Crippen LogP contribution is -2.29. The maximum Gasteiger partial charge on any atom is 0.354 e. The maximum atomic E-state index is 12.2. The summed E-state index contributed by atoms with van der Waals surface area (Å²) in [7, 11) is -3.39. The first-order valence-corrected chi connectivity index (χ1v) is 7.64. The largest absolute Gasteiger partial charge is 0.477 e. The van der Waals surface area contributed by atoms with Gasteiger partial charge in [-0.2, -0.15) is 0 Å². The Morgan fingerprint density at radius 3 is 2.84 bits per heavy atom. The van der Waals surface area contributed by atoms with E-state index in [4.69, 9.17) is 9.84 Å². The van der Waals surface area contributed by atoms with E-state index in [1.165, 1.54) is 18.2 Å². The van der Waals surface area contributed by atoms with Crippen molar-refractivity contribution in [1.82, 2.24) is 4.98 Å². The average molecular weight is 285 g/mol. The van der Waals surface area contributed by atoms with Crippen LogP contribution in [-0.4, -0.2) is 42.4 Å².